The number of anilines is 2. The number of aryl methyl sites for hydroxylation is 1. The van der Waals surface area contributed by atoms with Crippen molar-refractivity contribution in [2.75, 3.05) is 50.6 Å². The van der Waals surface area contributed by atoms with Crippen molar-refractivity contribution in [1.29, 1.82) is 0 Å². The van der Waals surface area contributed by atoms with Crippen molar-refractivity contribution >= 4 is 28.7 Å². The summed E-state index contributed by atoms with van der Waals surface area (Å²) in [5.74, 6) is 4.63. The van der Waals surface area contributed by atoms with Gasteiger partial charge in [0.05, 0.1) is 31.8 Å². The van der Waals surface area contributed by atoms with E-state index in [1.807, 2.05) is 42.2 Å². The fourth-order valence-electron chi connectivity index (χ4n) is 4.86. The van der Waals surface area contributed by atoms with Crippen LogP contribution in [0, 0.1) is 12.8 Å². The van der Waals surface area contributed by atoms with Crippen molar-refractivity contribution in [3.8, 4) is 23.1 Å². The van der Waals surface area contributed by atoms with Crippen LogP contribution in [0.4, 0.5) is 11.8 Å². The van der Waals surface area contributed by atoms with Crippen LogP contribution in [0.1, 0.15) is 24.2 Å². The Labute approximate surface area is 232 Å². The Hall–Kier alpha value is -4.54. The number of ether oxygens (including phenoxy) is 3. The highest BCUT2D eigenvalue weighted by Gasteiger charge is 2.35. The fraction of sp³-hybridized carbons (Fsp3) is 0.379. The van der Waals surface area contributed by atoms with E-state index in [2.05, 4.69) is 20.2 Å². The summed E-state index contributed by atoms with van der Waals surface area (Å²) in [5.41, 5.74) is 2.77. The van der Waals surface area contributed by atoms with Gasteiger partial charge in [-0.15, -0.1) is 0 Å². The lowest BCUT2D eigenvalue weighted by atomic mass is 10.2. The van der Waals surface area contributed by atoms with Crippen LogP contribution in [0.3, 0.4) is 0 Å². The lowest BCUT2D eigenvalue weighted by molar-refractivity contribution is -0.132. The number of benzene rings is 2. The van der Waals surface area contributed by atoms with Crippen LogP contribution < -0.4 is 24.4 Å². The second-order valence-electron chi connectivity index (χ2n) is 10.1. The lowest BCUT2D eigenvalue weighted by Gasteiger charge is -2.35. The van der Waals surface area contributed by atoms with Crippen LogP contribution in [0.2, 0.25) is 0 Å². The van der Waals surface area contributed by atoms with E-state index in [9.17, 15) is 4.79 Å². The van der Waals surface area contributed by atoms with E-state index in [1.54, 1.807) is 26.4 Å². The minimum atomic E-state index is 0.221. The first-order valence-electron chi connectivity index (χ1n) is 13.5. The summed E-state index contributed by atoms with van der Waals surface area (Å²) in [5, 5.41) is 3.37. The summed E-state index contributed by atoms with van der Waals surface area (Å²) >= 11 is 0. The van der Waals surface area contributed by atoms with E-state index in [4.69, 9.17) is 24.2 Å². The summed E-state index contributed by atoms with van der Waals surface area (Å²) in [6, 6.07) is 13.4. The maximum absolute atomic E-state index is 12.5. The number of H-pyrrole nitrogens is 1. The van der Waals surface area contributed by atoms with Crippen LogP contribution in [-0.2, 0) is 11.3 Å². The minimum Gasteiger partial charge on any atom is -0.493 e. The van der Waals surface area contributed by atoms with Gasteiger partial charge in [-0.25, -0.2) is 4.98 Å². The van der Waals surface area contributed by atoms with Gasteiger partial charge in [0.25, 0.3) is 0 Å². The van der Waals surface area contributed by atoms with Crippen molar-refractivity contribution in [3.05, 3.63) is 53.9 Å². The Morgan fingerprint density at radius 2 is 1.73 bits per heavy atom. The van der Waals surface area contributed by atoms with E-state index in [0.717, 1.165) is 35.3 Å². The Morgan fingerprint density at radius 1 is 0.975 bits per heavy atom. The summed E-state index contributed by atoms with van der Waals surface area (Å²) < 4.78 is 17.2. The normalized spacial score (nSPS) is 15.3. The molecule has 1 saturated carbocycles. The zero-order valence-electron chi connectivity index (χ0n) is 22.9. The van der Waals surface area contributed by atoms with Crippen LogP contribution in [-0.4, -0.2) is 71.1 Å². The molecule has 208 valence electrons. The number of piperazine rings is 1. The molecule has 6 rings (SSSR count). The Bertz CT molecular complexity index is 1490. The number of carbonyl (C=O) groups is 1. The van der Waals surface area contributed by atoms with Gasteiger partial charge in [-0.05, 0) is 43.5 Å². The van der Waals surface area contributed by atoms with Crippen molar-refractivity contribution in [1.82, 2.24) is 24.8 Å². The molecule has 3 heterocycles. The molecular weight excluding hydrogens is 510 g/mol. The molecule has 1 amide bonds. The molecule has 2 fully saturated rings. The number of imidazole rings is 1. The smallest absolute Gasteiger partial charge is 0.230 e. The number of carbonyl (C=O) groups excluding carboxylic acids is 1. The predicted molar refractivity (Wildman–Crippen MR) is 151 cm³/mol. The van der Waals surface area contributed by atoms with Gasteiger partial charge in [0.2, 0.25) is 17.7 Å². The third-order valence-corrected chi connectivity index (χ3v) is 7.26. The van der Waals surface area contributed by atoms with Crippen LogP contribution >= 0.6 is 0 Å². The number of nitrogens with one attached hydrogen (secondary N) is 2. The van der Waals surface area contributed by atoms with Gasteiger partial charge in [0.15, 0.2) is 11.5 Å². The molecule has 0 spiro atoms. The molecule has 11 heteroatoms. The maximum atomic E-state index is 12.5. The molecule has 1 aliphatic heterocycles. The first-order chi connectivity index (χ1) is 19.5. The van der Waals surface area contributed by atoms with Gasteiger partial charge in [-0.1, -0.05) is 12.1 Å². The van der Waals surface area contributed by atoms with E-state index < -0.39 is 0 Å². The number of nitrogens with zero attached hydrogens (tertiary/aromatic N) is 5. The first-order valence-corrected chi connectivity index (χ1v) is 13.5. The number of amides is 1. The molecule has 0 unspecified atom stereocenters. The zero-order chi connectivity index (χ0) is 27.6. The van der Waals surface area contributed by atoms with E-state index in [1.165, 1.54) is 0 Å². The molecule has 2 N–H and O–H groups in total. The van der Waals surface area contributed by atoms with E-state index >= 15 is 0 Å². The number of aromatic nitrogens is 4. The summed E-state index contributed by atoms with van der Waals surface area (Å²) in [7, 11) is 3.19. The number of rotatable bonds is 9. The van der Waals surface area contributed by atoms with Crippen molar-refractivity contribution in [2.45, 2.75) is 26.3 Å². The highest BCUT2D eigenvalue weighted by Crippen LogP contribution is 2.37. The summed E-state index contributed by atoms with van der Waals surface area (Å²) in [4.78, 5) is 34.1. The minimum absolute atomic E-state index is 0.221. The molecule has 1 saturated heterocycles. The largest absolute Gasteiger partial charge is 0.493 e. The number of para-hydroxylation sites is 2. The van der Waals surface area contributed by atoms with Crippen LogP contribution in [0.15, 0.2) is 42.5 Å². The average molecular weight is 544 g/mol. The Balaban J connectivity index is 1.25. The molecule has 4 aromatic rings. The van der Waals surface area contributed by atoms with Gasteiger partial charge in [-0.3, -0.25) is 4.79 Å². The first kappa shape index (κ1) is 25.7. The number of methoxy groups -OCH3 is 2. The average Bonchev–Trinajstić information content (AvgIpc) is 3.75. The quantitative estimate of drug-likeness (QED) is 0.321. The molecule has 1 aliphatic carbocycles. The van der Waals surface area contributed by atoms with Gasteiger partial charge in [0, 0.05) is 44.2 Å². The predicted octanol–water partition coefficient (Wildman–Crippen LogP) is 4.14. The topological polar surface area (TPSA) is 118 Å². The molecular formula is C29H33N7O4. The molecule has 0 radical (unpaired) electrons. The molecule has 11 nitrogen and oxygen atoms in total. The summed E-state index contributed by atoms with van der Waals surface area (Å²) in [6.45, 7) is 5.00. The van der Waals surface area contributed by atoms with Crippen molar-refractivity contribution in [2.24, 2.45) is 5.92 Å². The van der Waals surface area contributed by atoms with Gasteiger partial charge in [-0.2, -0.15) is 9.97 Å². The van der Waals surface area contributed by atoms with Crippen LogP contribution in [0.5, 0.6) is 23.1 Å². The third-order valence-electron chi connectivity index (χ3n) is 7.26. The van der Waals surface area contributed by atoms with E-state index in [0.29, 0.717) is 67.6 Å². The molecule has 40 heavy (non-hydrogen) atoms. The molecule has 0 bridgehead atoms. The van der Waals surface area contributed by atoms with Crippen molar-refractivity contribution in [3.63, 3.8) is 0 Å². The maximum Gasteiger partial charge on any atom is 0.230 e. The van der Waals surface area contributed by atoms with E-state index in [-0.39, 0.29) is 11.8 Å². The number of fused-ring (bicyclic) bond motifs is 1. The Kier molecular flexibility index (Phi) is 7.02. The third kappa shape index (κ3) is 5.45. The number of hydrogen-bond acceptors (Lipinski definition) is 9. The summed E-state index contributed by atoms with van der Waals surface area (Å²) in [6.07, 6.45) is 2.02. The molecule has 2 aromatic heterocycles. The SMILES string of the molecule is COc1cc(C)c(Oc2cc(NCc3nc4ccccc4[nH]3)nc(N3CCN(C(=O)C4CC4)CC3)n2)cc1OC. The van der Waals surface area contributed by atoms with Crippen LogP contribution in [0.25, 0.3) is 11.0 Å². The number of hydrogen-bond donors (Lipinski definition) is 2. The highest BCUT2D eigenvalue weighted by atomic mass is 16.5. The highest BCUT2D eigenvalue weighted by molar-refractivity contribution is 5.81. The zero-order valence-corrected chi connectivity index (χ0v) is 22.9. The second kappa shape index (κ2) is 10.9. The van der Waals surface area contributed by atoms with Gasteiger partial charge >= 0.3 is 0 Å². The standard InChI is InChI=1S/C29H33N7O4/c1-18-14-23(38-2)24(39-3)15-22(18)40-27-16-25(30-17-26-31-20-6-4-5-7-21(20)32-26)33-29(34-27)36-12-10-35(11-13-36)28(37)19-8-9-19/h4-7,14-16,19H,8-13,17H2,1-3H3,(H,31,32)(H,30,33,34). The monoisotopic (exact) mass is 543 g/mol. The van der Waals surface area contributed by atoms with Gasteiger partial charge in [0.1, 0.15) is 17.4 Å². The van der Waals surface area contributed by atoms with Gasteiger partial charge < -0.3 is 34.3 Å². The number of aromatic amines is 1. The second-order valence-corrected chi connectivity index (χ2v) is 10.1. The fourth-order valence-corrected chi connectivity index (χ4v) is 4.86. The Morgan fingerprint density at radius 3 is 2.45 bits per heavy atom. The molecule has 2 aliphatic rings. The molecule has 2 aromatic carbocycles. The van der Waals surface area contributed by atoms with Crippen molar-refractivity contribution < 1.29 is 19.0 Å². The molecule has 0 atom stereocenters. The lowest BCUT2D eigenvalue weighted by Crippen LogP contribution is -2.49.